The van der Waals surface area contributed by atoms with Crippen LogP contribution in [0.25, 0.3) is 66.1 Å². The maximum Gasteiger partial charge on any atom is 1.00 e. The summed E-state index contributed by atoms with van der Waals surface area (Å²) >= 11 is 0. The van der Waals surface area contributed by atoms with Crippen molar-refractivity contribution in [3.8, 4) is 67.9 Å². The summed E-state index contributed by atoms with van der Waals surface area (Å²) in [6.45, 7) is 29.5. The summed E-state index contributed by atoms with van der Waals surface area (Å²) in [5.41, 5.74) is 9.27. The minimum Gasteiger partial charge on any atom is -0.780 e. The molecule has 15 rings (SSSR count). The zero-order chi connectivity index (χ0) is 96.9. The van der Waals surface area contributed by atoms with Gasteiger partial charge in [0, 0.05) is 111 Å². The molecule has 0 radical (unpaired) electrons. The fourth-order valence-electron chi connectivity index (χ4n) is 14.6. The number of nitrogens with one attached hydrogen (secondary N) is 6. The van der Waals surface area contributed by atoms with E-state index in [1.54, 1.807) is 97.1 Å². The molecule has 3 amide bonds. The fourth-order valence-corrected chi connectivity index (χ4v) is 16.7. The van der Waals surface area contributed by atoms with Gasteiger partial charge < -0.3 is 82.7 Å². The van der Waals surface area contributed by atoms with Crippen LogP contribution in [0.3, 0.4) is 0 Å². The number of phenols is 1. The third-order valence-corrected chi connectivity index (χ3v) is 23.8. The summed E-state index contributed by atoms with van der Waals surface area (Å²) in [6, 6.07) is 82.7. The predicted octanol–water partition coefficient (Wildman–Crippen LogP) is 17.1. The Morgan fingerprint density at radius 3 is 1.01 bits per heavy atom. The number of aromatic hydroxyl groups is 1. The first-order valence-corrected chi connectivity index (χ1v) is 48.9. The second kappa shape index (κ2) is 48.5. The largest absolute Gasteiger partial charge is 1.00 e. The summed E-state index contributed by atoms with van der Waals surface area (Å²) in [5.74, 6) is 0.246. The number of phosphoric acid groups is 1. The Kier molecular flexibility index (Phi) is 37.9. The minimum atomic E-state index is -5.42. The van der Waals surface area contributed by atoms with E-state index in [-0.39, 0.29) is 110 Å². The van der Waals surface area contributed by atoms with Gasteiger partial charge in [0.2, 0.25) is 16.3 Å². The van der Waals surface area contributed by atoms with Crippen molar-refractivity contribution in [3.05, 3.63) is 372 Å². The van der Waals surface area contributed by atoms with Crippen LogP contribution < -0.4 is 124 Å². The van der Waals surface area contributed by atoms with Crippen molar-refractivity contribution in [2.75, 3.05) is 49.1 Å². The van der Waals surface area contributed by atoms with Crippen molar-refractivity contribution >= 4 is 91.3 Å². The number of ether oxygens (including phenoxy) is 3. The first-order valence-electron chi connectivity index (χ1n) is 43.8. The molecule has 0 aliphatic rings. The van der Waals surface area contributed by atoms with E-state index in [0.29, 0.717) is 122 Å². The van der Waals surface area contributed by atoms with E-state index in [1.165, 1.54) is 48.5 Å². The molecule has 1 atom stereocenters. The van der Waals surface area contributed by atoms with Gasteiger partial charge in [-0.1, -0.05) is 226 Å². The number of H-pyrrole nitrogens is 3. The average Bonchev–Trinajstić information content (AvgIpc) is 0.764. The van der Waals surface area contributed by atoms with E-state index in [4.69, 9.17) is 36.8 Å². The first-order chi connectivity index (χ1) is 64.3. The molecule has 0 fully saturated rings. The fraction of sp³-hybridized carbons (Fsp3) is 0.215. The van der Waals surface area contributed by atoms with E-state index in [2.05, 4.69) is 55.2 Å². The molecule has 15 aromatic rings. The monoisotopic (exact) mass is 1920 g/mol. The minimum absolute atomic E-state index is 0. The number of amides is 3. The number of aromatic amines is 3. The number of carbonyl (C=O) groups is 3. The summed E-state index contributed by atoms with van der Waals surface area (Å²) in [5, 5.41) is 20.4. The van der Waals surface area contributed by atoms with E-state index in [9.17, 15) is 52.8 Å². The maximum atomic E-state index is 13.7. The second-order valence-corrected chi connectivity index (χ2v) is 39.0. The van der Waals surface area contributed by atoms with Gasteiger partial charge in [0.15, 0.2) is 8.38 Å². The Hall–Kier alpha value is -11.8. The number of hydrogen-bond donors (Lipinski definition) is 7. The van der Waals surface area contributed by atoms with E-state index in [0.717, 1.165) is 33.4 Å². The molecule has 7 N–H and O–H groups in total. The smallest absolute Gasteiger partial charge is 0.780 e. The molecule has 0 aliphatic carbocycles. The number of para-hydroxylation sites is 3. The third kappa shape index (κ3) is 29.4. The summed E-state index contributed by atoms with van der Waals surface area (Å²) < 4.78 is 70.4. The topological polar surface area (TPSA) is 360 Å². The molecule has 0 bridgehead atoms. The van der Waals surface area contributed by atoms with E-state index >= 15 is 0 Å². The summed E-state index contributed by atoms with van der Waals surface area (Å²) in [6.07, 6.45) is 4.15. The molecule has 0 saturated heterocycles. The number of phosphoric ester groups is 1. The van der Waals surface area contributed by atoms with Gasteiger partial charge in [-0.3, -0.25) is 33.3 Å². The number of rotatable bonds is 28. The standard InChI is InChI=1S/C36H37N2O6P.C28H29N2O7P.C28H28N2O4.C15H17O2P.2Na/c1-6-42-26-16-12-15-25(19-26)28-20-30(36(2,3)4)33(44-45(5,41)43-23-24-13-8-7-9-14-24)21-32(28)38-35(40)29-22-37-31-18-11-10-17-27(31)34(29)39;1-5-36-18-10-8-9-17(13-18)20-14-22(28(2,3)4)25(37-38(33,34)35)15-24(20)30-27(32)21-16-29-23-12-7-6-11-19(23)26(21)31;1-5-34-18-10-8-9-17(13-18)20-14-22(28(2,3)4)25(31)15-24(20)30-27(33)21-16-29-23-12-7-6-11-19(23)26(21)32;1-18(16-12-14-8-4-2-5-9-14)17-13-15-10-6-3-7-11-15;;/h7-22H,6,23H2,1-5H3,(H,37,39)(H,38,40);6-16H,5H2,1-4H3,(H,29,31)(H,30,32)(H2,33,34,35);6-16,31H,5H2,1-4H3,(H,29,32)(H,30,33);2-11H,12-13H2,1H3;;/q;;;;2*+1/p-2. The molecular formula is C107H109N6Na2O19P3. The first kappa shape index (κ1) is 107. The van der Waals surface area contributed by atoms with Crippen molar-refractivity contribution in [1.29, 1.82) is 0 Å². The van der Waals surface area contributed by atoms with Crippen molar-refractivity contribution in [2.24, 2.45) is 0 Å². The predicted molar refractivity (Wildman–Crippen MR) is 533 cm³/mol. The second-order valence-electron chi connectivity index (χ2n) is 34.5. The van der Waals surface area contributed by atoms with E-state index < -0.39 is 63.2 Å². The van der Waals surface area contributed by atoms with E-state index in [1.807, 2.05) is 229 Å². The van der Waals surface area contributed by atoms with Crippen molar-refractivity contribution in [2.45, 2.75) is 119 Å². The molecule has 3 heterocycles. The number of carbonyl (C=O) groups excluding carboxylic acids is 3. The zero-order valence-corrected chi connectivity index (χ0v) is 86.3. The van der Waals surface area contributed by atoms with Gasteiger partial charge >= 0.3 is 66.7 Å². The molecular weight excluding hydrogens is 1810 g/mol. The number of aromatic nitrogens is 3. The van der Waals surface area contributed by atoms with Crippen molar-refractivity contribution in [1.82, 2.24) is 15.0 Å². The number of pyridine rings is 3. The van der Waals surface area contributed by atoms with Crippen LogP contribution in [0.2, 0.25) is 0 Å². The molecule has 137 heavy (non-hydrogen) atoms. The number of benzene rings is 12. The van der Waals surface area contributed by atoms with Crippen LogP contribution in [0.4, 0.5) is 17.1 Å². The van der Waals surface area contributed by atoms with Crippen LogP contribution in [-0.2, 0) is 58.8 Å². The number of hydrogen-bond acceptors (Lipinski definition) is 19. The Balaban J connectivity index is 0.000000195. The maximum absolute atomic E-state index is 13.7. The van der Waals surface area contributed by atoms with Crippen LogP contribution >= 0.6 is 23.8 Å². The van der Waals surface area contributed by atoms with Crippen LogP contribution in [0, 0.1) is 0 Å². The molecule has 25 nitrogen and oxygen atoms in total. The van der Waals surface area contributed by atoms with Gasteiger partial charge in [-0.05, 0) is 167 Å². The molecule has 0 spiro atoms. The third-order valence-electron chi connectivity index (χ3n) is 21.3. The number of anilines is 3. The molecule has 3 aromatic heterocycles. The van der Waals surface area contributed by atoms with Crippen molar-refractivity contribution in [3.63, 3.8) is 0 Å². The SMILES string of the molecule is CCOc1cccc(-c2cc(C(C)(C)C)c(O)cc2NC(=O)c2c[nH]c3ccccc3c2=O)c1.CCOc1cccc(-c2cc(C(C)(C)C)c(OP(=O)([O-])[O-])cc2NC(=O)c2c[nH]c3ccccc3c2=O)c1.CCOc1cccc(-c2cc(C(C)(C)C)c(OP(C)(=O)OCc3ccccc3)cc2NC(=O)c2c[nH]c3ccccc3c2=O)c1.CP(OCc1ccccc1)OCc1ccccc1.[Na+].[Na+]. The van der Waals surface area contributed by atoms with Gasteiger partial charge in [-0.25, -0.2) is 4.57 Å². The van der Waals surface area contributed by atoms with Gasteiger partial charge in [-0.2, -0.15) is 0 Å². The molecule has 30 heteroatoms. The normalized spacial score (nSPS) is 11.7. The summed E-state index contributed by atoms with van der Waals surface area (Å²) in [4.78, 5) is 112. The molecule has 1 unspecified atom stereocenters. The van der Waals surface area contributed by atoms with Crippen molar-refractivity contribution < 1.29 is 134 Å². The van der Waals surface area contributed by atoms with Gasteiger partial charge in [-0.15, -0.1) is 0 Å². The Labute approximate surface area is 842 Å². The Morgan fingerprint density at radius 1 is 0.387 bits per heavy atom. The summed E-state index contributed by atoms with van der Waals surface area (Å²) in [7, 11) is -9.87. The number of phenolic OH excluding ortho intramolecular Hbond substituents is 1. The quantitative estimate of drug-likeness (QED) is 0.0177. The average molecular weight is 1920 g/mol. The Morgan fingerprint density at radius 2 is 0.686 bits per heavy atom. The molecule has 0 aliphatic heterocycles. The van der Waals surface area contributed by atoms with Crippen LogP contribution in [0.1, 0.15) is 148 Å². The molecule has 698 valence electrons. The van der Waals surface area contributed by atoms with Gasteiger partial charge in [0.1, 0.15) is 59.0 Å². The van der Waals surface area contributed by atoms with Crippen LogP contribution in [0.5, 0.6) is 34.5 Å². The number of fused-ring (bicyclic) bond motifs is 3. The zero-order valence-electron chi connectivity index (χ0n) is 79.6. The van der Waals surface area contributed by atoms with Gasteiger partial charge in [0.25, 0.3) is 17.7 Å². The Bertz CT molecular complexity index is 7000. The van der Waals surface area contributed by atoms with Crippen LogP contribution in [0.15, 0.2) is 306 Å². The van der Waals surface area contributed by atoms with Crippen LogP contribution in [-0.4, -0.2) is 70.9 Å². The van der Waals surface area contributed by atoms with Gasteiger partial charge in [0.05, 0.1) is 56.7 Å². The molecule has 12 aromatic carbocycles. The molecule has 0 saturated carbocycles.